The van der Waals surface area contributed by atoms with E-state index in [0.717, 1.165) is 22.3 Å². The van der Waals surface area contributed by atoms with Gasteiger partial charge in [-0.2, -0.15) is 0 Å². The quantitative estimate of drug-likeness (QED) is 0.447. The lowest BCUT2D eigenvalue weighted by atomic mass is 9.98. The number of carboxylic acids is 1. The Hall–Kier alpha value is -3.32. The van der Waals surface area contributed by atoms with Crippen molar-refractivity contribution in [2.45, 2.75) is 25.3 Å². The zero-order valence-corrected chi connectivity index (χ0v) is 18.9. The number of benzene rings is 3. The third-order valence-corrected chi connectivity index (χ3v) is 6.16. The Kier molecular flexibility index (Phi) is 6.19. The van der Waals surface area contributed by atoms with Crippen LogP contribution in [-0.2, 0) is 16.0 Å². The molecule has 1 unspecified atom stereocenters. The summed E-state index contributed by atoms with van der Waals surface area (Å²) in [5, 5.41) is 22.3. The Morgan fingerprint density at radius 1 is 1.06 bits per heavy atom. The molecule has 4 rings (SSSR count). The number of phenols is 1. The van der Waals surface area contributed by atoms with Crippen LogP contribution in [0.1, 0.15) is 28.2 Å². The summed E-state index contributed by atoms with van der Waals surface area (Å²) in [6.45, 7) is 1.81. The number of aromatic hydroxyl groups is 1. The number of halogens is 1. The van der Waals surface area contributed by atoms with Crippen LogP contribution in [-0.4, -0.2) is 34.9 Å². The molecule has 1 aliphatic carbocycles. The van der Waals surface area contributed by atoms with Crippen LogP contribution in [0.3, 0.4) is 0 Å². The standard InChI is InChI=1S/C25H22BrNO5/c1-14-10-16(26)11-15(23(14)28)12-22(24(29)30)27-25(31)32-13-21-19-8-4-2-6-17(19)18-7-3-5-9-20(18)21/h2-11,21-22,28H,12-13H2,1H3,(H,27,31)(H,29,30). The first-order chi connectivity index (χ1) is 15.3. The van der Waals surface area contributed by atoms with Gasteiger partial charge in [-0.3, -0.25) is 0 Å². The maximum absolute atomic E-state index is 12.5. The molecule has 0 aliphatic heterocycles. The van der Waals surface area contributed by atoms with E-state index in [-0.39, 0.29) is 24.7 Å². The van der Waals surface area contributed by atoms with Crippen LogP contribution >= 0.6 is 15.9 Å². The molecule has 32 heavy (non-hydrogen) atoms. The van der Waals surface area contributed by atoms with Gasteiger partial charge in [-0.15, -0.1) is 0 Å². The van der Waals surface area contributed by atoms with Gasteiger partial charge in [-0.25, -0.2) is 9.59 Å². The summed E-state index contributed by atoms with van der Waals surface area (Å²) < 4.78 is 6.17. The highest BCUT2D eigenvalue weighted by molar-refractivity contribution is 9.10. The number of ether oxygens (including phenoxy) is 1. The summed E-state index contributed by atoms with van der Waals surface area (Å²) in [6, 6.07) is 18.1. The van der Waals surface area contributed by atoms with E-state index < -0.39 is 18.1 Å². The van der Waals surface area contributed by atoms with Gasteiger partial charge in [-0.05, 0) is 52.4 Å². The van der Waals surface area contributed by atoms with Crippen LogP contribution in [0.5, 0.6) is 5.75 Å². The molecule has 0 fully saturated rings. The van der Waals surface area contributed by atoms with E-state index >= 15 is 0 Å². The number of hydrogen-bond donors (Lipinski definition) is 3. The second-order valence-electron chi connectivity index (χ2n) is 7.80. The van der Waals surface area contributed by atoms with E-state index in [1.807, 2.05) is 48.5 Å². The molecule has 3 aromatic carbocycles. The first-order valence-electron chi connectivity index (χ1n) is 10.2. The number of rotatable bonds is 6. The predicted octanol–water partition coefficient (Wildman–Crippen LogP) is 5.00. The molecule has 1 atom stereocenters. The number of amides is 1. The average molecular weight is 496 g/mol. The van der Waals surface area contributed by atoms with Gasteiger partial charge in [-0.1, -0.05) is 64.5 Å². The topological polar surface area (TPSA) is 95.9 Å². The first kappa shape index (κ1) is 21.9. The third kappa shape index (κ3) is 4.34. The van der Waals surface area contributed by atoms with Gasteiger partial charge in [0.2, 0.25) is 0 Å². The highest BCUT2D eigenvalue weighted by Gasteiger charge is 2.30. The minimum atomic E-state index is -1.25. The third-order valence-electron chi connectivity index (χ3n) is 5.70. The molecule has 0 bridgehead atoms. The molecular formula is C25H22BrNO5. The van der Waals surface area contributed by atoms with Crippen LogP contribution in [0.15, 0.2) is 65.1 Å². The second kappa shape index (κ2) is 9.04. The van der Waals surface area contributed by atoms with Crippen molar-refractivity contribution >= 4 is 28.0 Å². The van der Waals surface area contributed by atoms with Crippen molar-refractivity contribution in [1.82, 2.24) is 5.32 Å². The zero-order chi connectivity index (χ0) is 22.8. The van der Waals surface area contributed by atoms with Crippen molar-refractivity contribution in [3.8, 4) is 16.9 Å². The molecule has 0 radical (unpaired) electrons. The number of alkyl carbamates (subject to hydrolysis) is 1. The van der Waals surface area contributed by atoms with Crippen LogP contribution < -0.4 is 5.32 Å². The van der Waals surface area contributed by atoms with Crippen molar-refractivity contribution in [2.24, 2.45) is 0 Å². The number of hydrogen-bond acceptors (Lipinski definition) is 4. The monoisotopic (exact) mass is 495 g/mol. The number of nitrogens with one attached hydrogen (secondary N) is 1. The molecule has 7 heteroatoms. The van der Waals surface area contributed by atoms with E-state index in [4.69, 9.17) is 4.74 Å². The summed E-state index contributed by atoms with van der Waals surface area (Å²) in [7, 11) is 0. The average Bonchev–Trinajstić information content (AvgIpc) is 3.09. The number of carbonyl (C=O) groups excluding carboxylic acids is 1. The summed E-state index contributed by atoms with van der Waals surface area (Å²) in [5.41, 5.74) is 5.40. The SMILES string of the molecule is Cc1cc(Br)cc(CC(NC(=O)OCC2c3ccccc3-c3ccccc32)C(=O)O)c1O. The number of phenolic OH excluding ortho intramolecular Hbond substituents is 1. The van der Waals surface area contributed by atoms with Crippen LogP contribution in [0.4, 0.5) is 4.79 Å². The summed E-state index contributed by atoms with van der Waals surface area (Å²) in [5.74, 6) is -1.32. The van der Waals surface area contributed by atoms with Gasteiger partial charge in [0.05, 0.1) is 0 Å². The number of fused-ring (bicyclic) bond motifs is 3. The van der Waals surface area contributed by atoms with Crippen LogP contribution in [0.2, 0.25) is 0 Å². The van der Waals surface area contributed by atoms with Gasteiger partial charge in [0, 0.05) is 16.8 Å². The van der Waals surface area contributed by atoms with E-state index in [0.29, 0.717) is 15.6 Å². The fraction of sp³-hybridized carbons (Fsp3) is 0.200. The predicted molar refractivity (Wildman–Crippen MR) is 124 cm³/mol. The highest BCUT2D eigenvalue weighted by Crippen LogP contribution is 2.44. The summed E-state index contributed by atoms with van der Waals surface area (Å²) >= 11 is 3.34. The molecule has 164 valence electrons. The molecule has 3 aromatic rings. The Morgan fingerprint density at radius 3 is 2.25 bits per heavy atom. The van der Waals surface area contributed by atoms with Gasteiger partial charge in [0.1, 0.15) is 18.4 Å². The number of carbonyl (C=O) groups is 2. The number of aliphatic carboxylic acids is 1. The van der Waals surface area contributed by atoms with Crippen molar-refractivity contribution in [2.75, 3.05) is 6.61 Å². The first-order valence-corrected chi connectivity index (χ1v) is 11.0. The molecule has 1 aliphatic rings. The molecule has 0 saturated carbocycles. The molecule has 6 nitrogen and oxygen atoms in total. The Bertz CT molecular complexity index is 1150. The van der Waals surface area contributed by atoms with Crippen LogP contribution in [0.25, 0.3) is 11.1 Å². The molecule has 0 aromatic heterocycles. The van der Waals surface area contributed by atoms with Crippen molar-refractivity contribution in [1.29, 1.82) is 0 Å². The van der Waals surface area contributed by atoms with E-state index in [2.05, 4.69) is 21.2 Å². The fourth-order valence-electron chi connectivity index (χ4n) is 4.16. The molecule has 0 heterocycles. The Morgan fingerprint density at radius 2 is 1.66 bits per heavy atom. The van der Waals surface area contributed by atoms with E-state index in [1.165, 1.54) is 0 Å². The molecule has 3 N–H and O–H groups in total. The number of aryl methyl sites for hydroxylation is 1. The molecule has 0 spiro atoms. The van der Waals surface area contributed by atoms with Gasteiger partial charge < -0.3 is 20.3 Å². The van der Waals surface area contributed by atoms with Crippen molar-refractivity contribution < 1.29 is 24.5 Å². The summed E-state index contributed by atoms with van der Waals surface area (Å²) in [6.07, 6.45) is -0.892. The van der Waals surface area contributed by atoms with Gasteiger partial charge in [0.15, 0.2) is 0 Å². The lowest BCUT2D eigenvalue weighted by Crippen LogP contribution is -2.43. The number of carboxylic acid groups (broad SMARTS) is 1. The molecule has 0 saturated heterocycles. The molecular weight excluding hydrogens is 474 g/mol. The van der Waals surface area contributed by atoms with Crippen molar-refractivity contribution in [3.05, 3.63) is 87.4 Å². The minimum Gasteiger partial charge on any atom is -0.507 e. The normalized spacial score (nSPS) is 13.2. The lowest BCUT2D eigenvalue weighted by Gasteiger charge is -2.18. The van der Waals surface area contributed by atoms with E-state index in [9.17, 15) is 19.8 Å². The lowest BCUT2D eigenvalue weighted by molar-refractivity contribution is -0.139. The smallest absolute Gasteiger partial charge is 0.407 e. The minimum absolute atomic E-state index is 0.00814. The highest BCUT2D eigenvalue weighted by atomic mass is 79.9. The summed E-state index contributed by atoms with van der Waals surface area (Å²) in [4.78, 5) is 24.2. The maximum Gasteiger partial charge on any atom is 0.407 e. The fourth-order valence-corrected chi connectivity index (χ4v) is 4.78. The Balaban J connectivity index is 1.46. The second-order valence-corrected chi connectivity index (χ2v) is 8.71. The van der Waals surface area contributed by atoms with Gasteiger partial charge in [0.25, 0.3) is 0 Å². The van der Waals surface area contributed by atoms with Gasteiger partial charge >= 0.3 is 12.1 Å². The van der Waals surface area contributed by atoms with E-state index in [1.54, 1.807) is 19.1 Å². The Labute approximate surface area is 194 Å². The van der Waals surface area contributed by atoms with Crippen molar-refractivity contribution in [3.63, 3.8) is 0 Å². The zero-order valence-electron chi connectivity index (χ0n) is 17.3. The largest absolute Gasteiger partial charge is 0.507 e. The maximum atomic E-state index is 12.5. The molecule has 1 amide bonds. The van der Waals surface area contributed by atoms with Crippen LogP contribution in [0, 0.1) is 6.92 Å².